The largest absolute Gasteiger partial charge is 0.296 e. The number of nitrogens with one attached hydrogen (secondary N) is 1. The first-order valence-corrected chi connectivity index (χ1v) is 8.50. The van der Waals surface area contributed by atoms with Crippen molar-refractivity contribution in [2.75, 3.05) is 0 Å². The van der Waals surface area contributed by atoms with Gasteiger partial charge in [-0.25, -0.2) is 0 Å². The molecule has 1 heterocycles. The standard InChI is InChI=1S/C17H20BrNO2/c18-13-8-4-3-7-12(13)15-16(21)19-14(20)11-17(15)9-5-1-2-6-10-17/h3-4,7-8,15H,1-2,5-6,9-11H2,(H,19,20,21). The number of hydrogen-bond acceptors (Lipinski definition) is 2. The van der Waals surface area contributed by atoms with Gasteiger partial charge in [0.1, 0.15) is 0 Å². The average Bonchev–Trinajstić information content (AvgIpc) is 2.66. The Labute approximate surface area is 133 Å². The van der Waals surface area contributed by atoms with Crippen molar-refractivity contribution >= 4 is 27.7 Å². The maximum absolute atomic E-state index is 12.6. The molecule has 3 nitrogen and oxygen atoms in total. The SMILES string of the molecule is O=C1CC2(CCCCCC2)C(c2ccccc2Br)C(=O)N1. The smallest absolute Gasteiger partial charge is 0.234 e. The van der Waals surface area contributed by atoms with E-state index < -0.39 is 0 Å². The number of imide groups is 1. The van der Waals surface area contributed by atoms with Gasteiger partial charge >= 0.3 is 0 Å². The molecule has 0 bridgehead atoms. The van der Waals surface area contributed by atoms with Crippen LogP contribution >= 0.6 is 15.9 Å². The number of benzene rings is 1. The van der Waals surface area contributed by atoms with E-state index in [0.717, 1.165) is 35.7 Å². The monoisotopic (exact) mass is 349 g/mol. The number of piperidine rings is 1. The molecule has 1 saturated carbocycles. The number of rotatable bonds is 1. The van der Waals surface area contributed by atoms with Gasteiger partial charge in [-0.1, -0.05) is 59.8 Å². The summed E-state index contributed by atoms with van der Waals surface area (Å²) in [4.78, 5) is 24.6. The maximum Gasteiger partial charge on any atom is 0.234 e. The van der Waals surface area contributed by atoms with Crippen molar-refractivity contribution in [3.63, 3.8) is 0 Å². The van der Waals surface area contributed by atoms with Crippen molar-refractivity contribution in [1.82, 2.24) is 5.32 Å². The quantitative estimate of drug-likeness (QED) is 0.781. The Kier molecular flexibility index (Phi) is 4.16. The molecule has 112 valence electrons. The summed E-state index contributed by atoms with van der Waals surface area (Å²) in [6.07, 6.45) is 7.06. The van der Waals surface area contributed by atoms with E-state index in [1.54, 1.807) is 0 Å². The number of halogens is 1. The zero-order chi connectivity index (χ0) is 14.9. The molecule has 1 saturated heterocycles. The maximum atomic E-state index is 12.6. The number of carbonyl (C=O) groups is 2. The number of carbonyl (C=O) groups excluding carboxylic acids is 2. The van der Waals surface area contributed by atoms with Crippen molar-refractivity contribution < 1.29 is 9.59 Å². The van der Waals surface area contributed by atoms with Gasteiger partial charge < -0.3 is 0 Å². The lowest BCUT2D eigenvalue weighted by molar-refractivity contribution is -0.140. The van der Waals surface area contributed by atoms with Gasteiger partial charge in [-0.15, -0.1) is 0 Å². The minimum atomic E-state index is -0.219. The minimum Gasteiger partial charge on any atom is -0.296 e. The molecule has 1 unspecified atom stereocenters. The molecule has 21 heavy (non-hydrogen) atoms. The molecule has 1 aliphatic carbocycles. The fraction of sp³-hybridized carbons (Fsp3) is 0.529. The van der Waals surface area contributed by atoms with Crippen LogP contribution in [0.3, 0.4) is 0 Å². The molecule has 1 aliphatic heterocycles. The summed E-state index contributed by atoms with van der Waals surface area (Å²) in [5.74, 6) is -0.450. The molecular formula is C17H20BrNO2. The Balaban J connectivity index is 2.06. The summed E-state index contributed by atoms with van der Waals surface area (Å²) in [5, 5.41) is 2.55. The molecule has 1 spiro atoms. The van der Waals surface area contributed by atoms with E-state index in [-0.39, 0.29) is 23.1 Å². The minimum absolute atomic E-state index is 0.106. The molecule has 2 aliphatic rings. The molecule has 4 heteroatoms. The van der Waals surface area contributed by atoms with Gasteiger partial charge in [0.2, 0.25) is 11.8 Å². The summed E-state index contributed by atoms with van der Waals surface area (Å²) in [5.41, 5.74) is 0.823. The van der Waals surface area contributed by atoms with E-state index in [4.69, 9.17) is 0 Å². The summed E-state index contributed by atoms with van der Waals surface area (Å²) in [7, 11) is 0. The van der Waals surface area contributed by atoms with E-state index in [1.807, 2.05) is 24.3 Å². The fourth-order valence-electron chi connectivity index (χ4n) is 4.03. The lowest BCUT2D eigenvalue weighted by Gasteiger charge is -2.42. The molecule has 1 N–H and O–H groups in total. The average molecular weight is 350 g/mol. The molecule has 0 aromatic heterocycles. The van der Waals surface area contributed by atoms with Gasteiger partial charge in [0.15, 0.2) is 0 Å². The first kappa shape index (κ1) is 14.8. The summed E-state index contributed by atoms with van der Waals surface area (Å²) >= 11 is 3.58. The zero-order valence-electron chi connectivity index (χ0n) is 12.0. The third-order valence-electron chi connectivity index (χ3n) is 4.97. The second-order valence-electron chi connectivity index (χ2n) is 6.32. The van der Waals surface area contributed by atoms with Crippen LogP contribution in [0.4, 0.5) is 0 Å². The summed E-state index contributed by atoms with van der Waals surface area (Å²) < 4.78 is 0.961. The van der Waals surface area contributed by atoms with Crippen LogP contribution in [0, 0.1) is 5.41 Å². The molecule has 0 radical (unpaired) electrons. The molecule has 2 amide bonds. The van der Waals surface area contributed by atoms with Crippen LogP contribution in [0.1, 0.15) is 56.4 Å². The molecule has 3 rings (SSSR count). The van der Waals surface area contributed by atoms with Crippen LogP contribution < -0.4 is 5.32 Å². The van der Waals surface area contributed by atoms with Crippen LogP contribution in [-0.2, 0) is 9.59 Å². The van der Waals surface area contributed by atoms with Crippen molar-refractivity contribution in [3.8, 4) is 0 Å². The molecule has 2 fully saturated rings. The molecule has 1 aromatic rings. The van der Waals surface area contributed by atoms with Gasteiger partial charge in [0.25, 0.3) is 0 Å². The molecule has 1 aromatic carbocycles. The van der Waals surface area contributed by atoms with Crippen LogP contribution in [-0.4, -0.2) is 11.8 Å². The second-order valence-corrected chi connectivity index (χ2v) is 7.17. The van der Waals surface area contributed by atoms with Crippen LogP contribution in [0.25, 0.3) is 0 Å². The highest BCUT2D eigenvalue weighted by Gasteiger charge is 2.49. The number of amides is 2. The predicted octanol–water partition coefficient (Wildman–Crippen LogP) is 3.92. The Morgan fingerprint density at radius 1 is 1.05 bits per heavy atom. The van der Waals surface area contributed by atoms with Crippen molar-refractivity contribution in [2.24, 2.45) is 5.41 Å². The predicted molar refractivity (Wildman–Crippen MR) is 84.8 cm³/mol. The number of hydrogen-bond donors (Lipinski definition) is 1. The van der Waals surface area contributed by atoms with Crippen LogP contribution in [0.2, 0.25) is 0 Å². The Hall–Kier alpha value is -1.16. The molecule has 1 atom stereocenters. The van der Waals surface area contributed by atoms with Gasteiger partial charge in [0, 0.05) is 10.9 Å². The fourth-order valence-corrected chi connectivity index (χ4v) is 4.55. The van der Waals surface area contributed by atoms with E-state index in [2.05, 4.69) is 21.2 Å². The topological polar surface area (TPSA) is 46.2 Å². The van der Waals surface area contributed by atoms with E-state index in [1.165, 1.54) is 12.8 Å². The first-order valence-electron chi connectivity index (χ1n) is 7.70. The third-order valence-corrected chi connectivity index (χ3v) is 5.69. The second kappa shape index (κ2) is 5.91. The highest BCUT2D eigenvalue weighted by molar-refractivity contribution is 9.10. The summed E-state index contributed by atoms with van der Waals surface area (Å²) in [6.45, 7) is 0. The Morgan fingerprint density at radius 2 is 1.71 bits per heavy atom. The third kappa shape index (κ3) is 2.78. The van der Waals surface area contributed by atoms with E-state index >= 15 is 0 Å². The van der Waals surface area contributed by atoms with Crippen molar-refractivity contribution in [3.05, 3.63) is 34.3 Å². The zero-order valence-corrected chi connectivity index (χ0v) is 13.6. The van der Waals surface area contributed by atoms with Crippen LogP contribution in [0.5, 0.6) is 0 Å². The lowest BCUT2D eigenvalue weighted by Crippen LogP contribution is -2.50. The lowest BCUT2D eigenvalue weighted by atomic mass is 9.63. The van der Waals surface area contributed by atoms with Gasteiger partial charge in [-0.3, -0.25) is 14.9 Å². The first-order chi connectivity index (χ1) is 10.1. The van der Waals surface area contributed by atoms with E-state index in [0.29, 0.717) is 6.42 Å². The van der Waals surface area contributed by atoms with Gasteiger partial charge in [-0.2, -0.15) is 0 Å². The summed E-state index contributed by atoms with van der Waals surface area (Å²) in [6, 6.07) is 7.91. The van der Waals surface area contributed by atoms with Gasteiger partial charge in [-0.05, 0) is 29.9 Å². The van der Waals surface area contributed by atoms with Crippen molar-refractivity contribution in [1.29, 1.82) is 0 Å². The molecular weight excluding hydrogens is 330 g/mol. The highest BCUT2D eigenvalue weighted by atomic mass is 79.9. The van der Waals surface area contributed by atoms with Crippen molar-refractivity contribution in [2.45, 2.75) is 50.9 Å². The normalized spacial score (nSPS) is 25.5. The van der Waals surface area contributed by atoms with E-state index in [9.17, 15) is 9.59 Å². The van der Waals surface area contributed by atoms with Crippen LogP contribution in [0.15, 0.2) is 28.7 Å². The Morgan fingerprint density at radius 3 is 2.38 bits per heavy atom. The Bertz CT molecular complexity index is 562. The van der Waals surface area contributed by atoms with Gasteiger partial charge in [0.05, 0.1) is 5.92 Å². The highest BCUT2D eigenvalue weighted by Crippen LogP contribution is 2.51.